The number of fused-ring (bicyclic) bond motifs is 1. The van der Waals surface area contributed by atoms with Crippen LogP contribution < -0.4 is 91.6 Å². The van der Waals surface area contributed by atoms with E-state index < -0.39 is 191 Å². The molecule has 10 rings (SSSR count). The summed E-state index contributed by atoms with van der Waals surface area (Å²) < 4.78 is 0.757. The number of primary amides is 1. The van der Waals surface area contributed by atoms with Gasteiger partial charge in [-0.25, -0.2) is 14.8 Å². The number of benzene rings is 3. The molecule has 4 saturated heterocycles. The largest absolute Gasteiger partial charge is 0.480 e. The second-order valence-electron chi connectivity index (χ2n) is 38.2. The smallest absolute Gasteiger partial charge is 0.326 e. The van der Waals surface area contributed by atoms with Gasteiger partial charge in [0.2, 0.25) is 88.6 Å². The van der Waals surface area contributed by atoms with Gasteiger partial charge in [-0.1, -0.05) is 109 Å². The number of carbonyl (C=O) groups is 16. The van der Waals surface area contributed by atoms with Crippen LogP contribution in [0.4, 0.5) is 0 Å². The first-order chi connectivity index (χ1) is 66.7. The van der Waals surface area contributed by atoms with Crippen LogP contribution >= 0.6 is 15.9 Å². The van der Waals surface area contributed by atoms with Crippen molar-refractivity contribution in [3.05, 3.63) is 131 Å². The maximum absolute atomic E-state index is 15.3. The summed E-state index contributed by atoms with van der Waals surface area (Å²) in [6.45, 7) is 9.88. The SMILES string of the molecule is CC(C)C[C@H](NC(=O)[C@H](CCCNC(=N)N)NC(=O)[C@@H]1CCCN1C(=O)[C@@H](CCCNC(=N)N)NC(=O)[C@H](CCC(N)=O)NC(=O)C(C)(C)C(=O)NCCc1cnc[nH]1)C(=O)NC(C)(C)C(=O)N[C@@H](Cc1c[nH]cn1)C(=O)N[C@@H](CC1CCNCC1)C(=O)NCC(=O)N1[C@H](C(=O)N[C@@H](Cc2ccc(Br)cc2)C(=O)N2CCC[C@H]2C(=O)N[C@H](Cc2ccc(-c3ccccc3)cc2)C(=O)O)C[C@@H]2CCCC[C@@H]21. The summed E-state index contributed by atoms with van der Waals surface area (Å²) in [5.74, 6) is -14.2. The maximum atomic E-state index is 15.3. The first-order valence-electron chi connectivity index (χ1n) is 48.2. The molecule has 140 heavy (non-hydrogen) atoms. The number of aliphatic carboxylic acids is 1. The molecule has 25 N–H and O–H groups in total. The topological polar surface area (TPSA) is 655 Å². The highest BCUT2D eigenvalue weighted by molar-refractivity contribution is 9.10. The van der Waals surface area contributed by atoms with Gasteiger partial charge >= 0.3 is 5.97 Å². The fourth-order valence-corrected chi connectivity index (χ4v) is 18.8. The van der Waals surface area contributed by atoms with E-state index in [0.717, 1.165) is 34.1 Å². The number of carboxylic acids is 1. The fraction of sp³-hybridized carbons (Fsp3) is 0.562. The zero-order chi connectivity index (χ0) is 101. The Labute approximate surface area is 821 Å². The number of amides is 15. The normalized spacial score (nSPS) is 18.7. The van der Waals surface area contributed by atoms with Crippen molar-refractivity contribution in [2.45, 2.75) is 267 Å². The quantitative estimate of drug-likeness (QED) is 0.0108. The minimum Gasteiger partial charge on any atom is -0.480 e. The van der Waals surface area contributed by atoms with E-state index in [2.05, 4.69) is 110 Å². The molecule has 44 heteroatoms. The molecule has 0 radical (unpaired) electrons. The number of imidazole rings is 2. The third kappa shape index (κ3) is 31.8. The van der Waals surface area contributed by atoms with Gasteiger partial charge in [-0.05, 0) is 196 Å². The van der Waals surface area contributed by atoms with Crippen LogP contribution in [0.25, 0.3) is 11.1 Å². The van der Waals surface area contributed by atoms with E-state index in [1.807, 2.05) is 42.5 Å². The number of nitrogens with zero attached hydrogens (tertiary/aromatic N) is 5. The van der Waals surface area contributed by atoms with Crippen molar-refractivity contribution < 1.29 is 81.8 Å². The Balaban J connectivity index is 0.805. The van der Waals surface area contributed by atoms with Gasteiger partial charge < -0.3 is 121 Å². The summed E-state index contributed by atoms with van der Waals surface area (Å²) in [6, 6.07) is 9.05. The number of hydrogen-bond acceptors (Lipinski definition) is 21. The Morgan fingerprint density at radius 1 is 0.536 bits per heavy atom. The number of hydrogen-bond donors (Lipinski definition) is 22. The lowest BCUT2D eigenvalue weighted by atomic mass is 9.84. The standard InChI is InChI=1S/C96H137BrN26O17/c1-55(2)44-68(114-80(127)65(19-12-37-107-93(99)100)112-84(131)74-22-14-42-121(74)87(134)67(20-13-38-108-94(101)102)113-81(128)66(32-33-77(98)124)118-91(139)95(3,4)90(138)106-41-36-63-50-104-53-110-63)83(130)120-96(5,6)92(140)119-70(49-64-51-105-54-111-64)82(129)115-69(45-58-34-39-103-40-35-58)79(126)109-52-78(125)123-73-21-11-10-18-61(73)48-76(123)86(133)116-71(46-57-26-30-62(97)31-27-57)88(135)122-43-15-23-75(122)85(132)117-72(89(136)137)47-56-24-28-60(29-25-56)59-16-8-7-9-17-59/h7-9,16-17,24-31,50-51,53-55,58,61,65-76,103H,10-15,18-23,32-49,52H2,1-6H3,(H2,98,124)(H,104,110)(H,105,111)(H,106,138)(H,109,126)(H,112,131)(H,113,128)(H,114,127)(H,115,129)(H,116,133)(H,117,132)(H,118,139)(H,119,140)(H,120,130)(H,136,137)(H4,99,100,107)(H4,101,102,108)/t61-,65-,66-,67+,68-,69-,70-,71-,72+,73-,74-,75-,76-/m0/s1. The van der Waals surface area contributed by atoms with Crippen molar-refractivity contribution in [1.29, 1.82) is 10.8 Å². The summed E-state index contributed by atoms with van der Waals surface area (Å²) in [4.78, 5) is 250. The highest BCUT2D eigenvalue weighted by Crippen LogP contribution is 2.40. The molecule has 13 atom stereocenters. The molecular weight excluding hydrogens is 1870 g/mol. The molecule has 760 valence electrons. The van der Waals surface area contributed by atoms with Crippen LogP contribution in [0, 0.1) is 34.0 Å². The first kappa shape index (κ1) is 109. The number of carboxylic acid groups (broad SMARTS) is 1. The van der Waals surface area contributed by atoms with Gasteiger partial charge in [-0.3, -0.25) is 82.7 Å². The summed E-state index contributed by atoms with van der Waals surface area (Å²) >= 11 is 3.48. The van der Waals surface area contributed by atoms with Gasteiger partial charge in [0, 0.05) is 93.4 Å². The van der Waals surface area contributed by atoms with Crippen LogP contribution in [0.15, 0.2) is 108 Å². The van der Waals surface area contributed by atoms with Gasteiger partial charge in [0.05, 0.1) is 24.9 Å². The Kier molecular flexibility index (Phi) is 40.3. The number of halogens is 1. The summed E-state index contributed by atoms with van der Waals surface area (Å²) in [7, 11) is 0. The van der Waals surface area contributed by atoms with Crippen molar-refractivity contribution in [2.24, 2.45) is 40.4 Å². The van der Waals surface area contributed by atoms with Gasteiger partial charge in [0.1, 0.15) is 77.4 Å². The van der Waals surface area contributed by atoms with Crippen LogP contribution in [0.5, 0.6) is 0 Å². The first-order valence-corrected chi connectivity index (χ1v) is 49.0. The van der Waals surface area contributed by atoms with E-state index >= 15 is 24.0 Å². The van der Waals surface area contributed by atoms with E-state index in [1.165, 1.54) is 61.2 Å². The number of piperidine rings is 1. The predicted molar refractivity (Wildman–Crippen MR) is 520 cm³/mol. The highest BCUT2D eigenvalue weighted by Gasteiger charge is 2.50. The van der Waals surface area contributed by atoms with E-state index in [0.29, 0.717) is 68.4 Å². The van der Waals surface area contributed by atoms with Gasteiger partial charge in [-0.2, -0.15) is 0 Å². The molecule has 3 aromatic carbocycles. The van der Waals surface area contributed by atoms with Crippen molar-refractivity contribution in [3.8, 4) is 11.1 Å². The minimum atomic E-state index is -1.89. The number of likely N-dealkylation sites (tertiary alicyclic amines) is 3. The molecule has 15 amide bonds. The molecule has 4 aliphatic heterocycles. The zero-order valence-electron chi connectivity index (χ0n) is 80.2. The number of aromatic amines is 2. The fourth-order valence-electron chi connectivity index (χ4n) is 18.5. The van der Waals surface area contributed by atoms with Gasteiger partial charge in [-0.15, -0.1) is 0 Å². The second kappa shape index (κ2) is 52.0. The number of H-pyrrole nitrogens is 2. The second-order valence-corrected chi connectivity index (χ2v) is 39.1. The molecular formula is C96H137BrN26O17. The number of nitrogens with two attached hydrogens (primary N) is 3. The van der Waals surface area contributed by atoms with Crippen molar-refractivity contribution in [3.63, 3.8) is 0 Å². The number of carbonyl (C=O) groups excluding carboxylic acids is 15. The molecule has 5 aliphatic rings. The lowest BCUT2D eigenvalue weighted by Crippen LogP contribution is -2.63. The van der Waals surface area contributed by atoms with Crippen molar-refractivity contribution in [2.75, 3.05) is 52.4 Å². The van der Waals surface area contributed by atoms with E-state index in [9.17, 15) is 57.8 Å². The molecule has 1 aliphatic carbocycles. The monoisotopic (exact) mass is 2000 g/mol. The number of guanidine groups is 2. The predicted octanol–water partition coefficient (Wildman–Crippen LogP) is 0.319. The third-order valence-electron chi connectivity index (χ3n) is 26.3. The molecule has 43 nitrogen and oxygen atoms in total. The molecule has 0 spiro atoms. The van der Waals surface area contributed by atoms with Crippen LogP contribution in [-0.2, 0) is 102 Å². The van der Waals surface area contributed by atoms with E-state index in [1.54, 1.807) is 56.4 Å². The summed E-state index contributed by atoms with van der Waals surface area (Å²) in [5, 5.41) is 64.9. The summed E-state index contributed by atoms with van der Waals surface area (Å²) in [6.07, 6.45) is 10.4. The number of nitrogens with one attached hydrogen (secondary N) is 18. The van der Waals surface area contributed by atoms with Crippen LogP contribution in [0.3, 0.4) is 0 Å². The molecule has 0 unspecified atom stereocenters. The van der Waals surface area contributed by atoms with Gasteiger partial charge in [0.25, 0.3) is 0 Å². The Hall–Kier alpha value is -13.4. The van der Waals surface area contributed by atoms with Gasteiger partial charge in [0.15, 0.2) is 11.9 Å². The Morgan fingerprint density at radius 3 is 1.68 bits per heavy atom. The molecule has 5 fully saturated rings. The zero-order valence-corrected chi connectivity index (χ0v) is 81.8. The third-order valence-corrected chi connectivity index (χ3v) is 26.9. The molecule has 2 aromatic heterocycles. The molecule has 1 saturated carbocycles. The Morgan fingerprint density at radius 2 is 1.09 bits per heavy atom. The maximum Gasteiger partial charge on any atom is 0.326 e. The van der Waals surface area contributed by atoms with Crippen molar-refractivity contribution >= 4 is 122 Å². The van der Waals surface area contributed by atoms with Crippen molar-refractivity contribution in [1.82, 2.24) is 109 Å². The molecule has 5 aromatic rings. The lowest BCUT2D eigenvalue weighted by molar-refractivity contribution is -0.145. The lowest BCUT2D eigenvalue weighted by Gasteiger charge is -2.35. The number of rotatable bonds is 50. The van der Waals surface area contributed by atoms with Crippen LogP contribution in [-0.4, -0.2) is 277 Å². The highest BCUT2D eigenvalue weighted by atomic mass is 79.9. The van der Waals surface area contributed by atoms with Crippen LogP contribution in [0.2, 0.25) is 0 Å². The van der Waals surface area contributed by atoms with E-state index in [4.69, 9.17) is 28.0 Å². The van der Waals surface area contributed by atoms with Crippen LogP contribution in [0.1, 0.15) is 186 Å². The summed E-state index contributed by atoms with van der Waals surface area (Å²) in [5.41, 5.74) is 17.3. The molecule has 6 heterocycles. The Bertz CT molecular complexity index is 5140. The average Bonchev–Trinajstić information content (AvgIpc) is 1.62. The van der Waals surface area contributed by atoms with E-state index in [-0.39, 0.29) is 152 Å². The molecule has 0 bridgehead atoms. The number of aromatic nitrogens is 4. The average molecular weight is 2010 g/mol. The minimum absolute atomic E-state index is 0.0171.